The topological polar surface area (TPSA) is 90.9 Å². The van der Waals surface area contributed by atoms with Gasteiger partial charge in [-0.15, -0.1) is 0 Å². The summed E-state index contributed by atoms with van der Waals surface area (Å²) < 4.78 is 15.8. The van der Waals surface area contributed by atoms with Crippen molar-refractivity contribution >= 4 is 17.7 Å². The van der Waals surface area contributed by atoms with E-state index in [2.05, 4.69) is 10.1 Å². The lowest BCUT2D eigenvalue weighted by molar-refractivity contribution is -0.138. The van der Waals surface area contributed by atoms with E-state index in [-0.39, 0.29) is 12.0 Å². The summed E-state index contributed by atoms with van der Waals surface area (Å²) in [7, 11) is 1.21. The quantitative estimate of drug-likeness (QED) is 0.432. The number of ether oxygens (including phenoxy) is 3. The van der Waals surface area contributed by atoms with Crippen LogP contribution in [0, 0.1) is 0 Å². The maximum atomic E-state index is 12.0. The Morgan fingerprint density at radius 2 is 1.77 bits per heavy atom. The van der Waals surface area contributed by atoms with Crippen molar-refractivity contribution in [1.82, 2.24) is 5.32 Å². The van der Waals surface area contributed by atoms with E-state index in [1.54, 1.807) is 0 Å². The highest BCUT2D eigenvalue weighted by Gasteiger charge is 2.30. The second-order valence-corrected chi connectivity index (χ2v) is 5.64. The minimum atomic E-state index is -0.730. The van der Waals surface area contributed by atoms with Crippen molar-refractivity contribution in [3.63, 3.8) is 0 Å². The molecule has 1 aliphatic heterocycles. The molecule has 0 unspecified atom stereocenters. The number of methoxy groups -OCH3 is 1. The first-order valence-corrected chi connectivity index (χ1v) is 8.53. The predicted octanol–water partition coefficient (Wildman–Crippen LogP) is 1.93. The SMILES string of the molecule is CCOc1ccc(CCC2=C(C(=O)OC)C(=O)CC(=O)N2)cc1OCC. The number of carbonyl (C=O) groups is 3. The lowest BCUT2D eigenvalue weighted by Gasteiger charge is -2.19. The van der Waals surface area contributed by atoms with Crippen LogP contribution in [0.5, 0.6) is 11.5 Å². The van der Waals surface area contributed by atoms with E-state index in [0.29, 0.717) is 43.3 Å². The number of rotatable bonds is 8. The fraction of sp³-hybridized carbons (Fsp3) is 0.421. The number of carbonyl (C=O) groups excluding carboxylic acids is 3. The van der Waals surface area contributed by atoms with Gasteiger partial charge in [0.25, 0.3) is 0 Å². The van der Waals surface area contributed by atoms with Crippen LogP contribution in [0.1, 0.15) is 32.3 Å². The highest BCUT2D eigenvalue weighted by Crippen LogP contribution is 2.29. The maximum Gasteiger partial charge on any atom is 0.343 e. The highest BCUT2D eigenvalue weighted by atomic mass is 16.5. The molecule has 2 rings (SSSR count). The fourth-order valence-corrected chi connectivity index (χ4v) is 2.72. The number of Topliss-reactive ketones (excluding diaryl/α,β-unsaturated/α-hetero) is 1. The third kappa shape index (κ3) is 4.62. The van der Waals surface area contributed by atoms with Crippen molar-refractivity contribution in [1.29, 1.82) is 0 Å². The van der Waals surface area contributed by atoms with Gasteiger partial charge in [0.05, 0.1) is 26.7 Å². The number of allylic oxidation sites excluding steroid dienone is 1. The number of esters is 1. The minimum Gasteiger partial charge on any atom is -0.490 e. The van der Waals surface area contributed by atoms with Gasteiger partial charge in [-0.3, -0.25) is 9.59 Å². The van der Waals surface area contributed by atoms with Crippen LogP contribution < -0.4 is 14.8 Å². The van der Waals surface area contributed by atoms with E-state index in [0.717, 1.165) is 5.56 Å². The average molecular weight is 361 g/mol. The van der Waals surface area contributed by atoms with Crippen LogP contribution in [0.3, 0.4) is 0 Å². The first-order chi connectivity index (χ1) is 12.5. The summed E-state index contributed by atoms with van der Waals surface area (Å²) in [5, 5.41) is 2.62. The van der Waals surface area contributed by atoms with Crippen molar-refractivity contribution in [2.24, 2.45) is 0 Å². The summed E-state index contributed by atoms with van der Waals surface area (Å²) in [6, 6.07) is 5.57. The molecule has 0 spiro atoms. The molecule has 26 heavy (non-hydrogen) atoms. The van der Waals surface area contributed by atoms with E-state index < -0.39 is 17.7 Å². The zero-order chi connectivity index (χ0) is 19.1. The standard InChI is InChI=1S/C19H23NO6/c1-4-25-15-9-7-12(10-16(15)26-5-2)6-8-13-18(19(23)24-3)14(21)11-17(22)20-13/h7,9-10H,4-6,8,11H2,1-3H3,(H,20,22). The van der Waals surface area contributed by atoms with Crippen molar-refractivity contribution in [3.05, 3.63) is 35.0 Å². The Kier molecular flexibility index (Phi) is 6.77. The van der Waals surface area contributed by atoms with Gasteiger partial charge in [-0.1, -0.05) is 6.07 Å². The van der Waals surface area contributed by atoms with Crippen molar-refractivity contribution in [2.45, 2.75) is 33.1 Å². The molecule has 7 nitrogen and oxygen atoms in total. The fourth-order valence-electron chi connectivity index (χ4n) is 2.72. The summed E-state index contributed by atoms with van der Waals surface area (Å²) in [5.41, 5.74) is 1.15. The Bertz CT molecular complexity index is 738. The highest BCUT2D eigenvalue weighted by molar-refractivity contribution is 6.24. The van der Waals surface area contributed by atoms with Crippen LogP contribution in [-0.4, -0.2) is 38.0 Å². The van der Waals surface area contributed by atoms with Crippen LogP contribution in [0.4, 0.5) is 0 Å². The molecule has 1 aromatic rings. The lowest BCUT2D eigenvalue weighted by atomic mass is 9.97. The van der Waals surface area contributed by atoms with Gasteiger partial charge in [0.2, 0.25) is 5.91 Å². The molecule has 140 valence electrons. The molecule has 0 bridgehead atoms. The van der Waals surface area contributed by atoms with Gasteiger partial charge in [0.15, 0.2) is 17.3 Å². The normalized spacial score (nSPS) is 14.1. The second kappa shape index (κ2) is 9.03. The second-order valence-electron chi connectivity index (χ2n) is 5.64. The molecule has 7 heteroatoms. The average Bonchev–Trinajstić information content (AvgIpc) is 2.61. The van der Waals surface area contributed by atoms with E-state index in [9.17, 15) is 14.4 Å². The molecule has 0 atom stereocenters. The molecule has 1 heterocycles. The third-order valence-electron chi connectivity index (χ3n) is 3.85. The Morgan fingerprint density at radius 3 is 2.42 bits per heavy atom. The Balaban J connectivity index is 2.22. The summed E-state index contributed by atoms with van der Waals surface area (Å²) in [6.07, 6.45) is 0.489. The van der Waals surface area contributed by atoms with Gasteiger partial charge in [0.1, 0.15) is 5.57 Å². The molecule has 1 N–H and O–H groups in total. The summed E-state index contributed by atoms with van der Waals surface area (Å²) in [4.78, 5) is 35.6. The molecule has 1 aliphatic rings. The van der Waals surface area contributed by atoms with Crippen LogP contribution in [-0.2, 0) is 25.5 Å². The van der Waals surface area contributed by atoms with Crippen molar-refractivity contribution < 1.29 is 28.6 Å². The first kappa shape index (κ1) is 19.5. The molecule has 1 amide bonds. The predicted molar refractivity (Wildman–Crippen MR) is 93.9 cm³/mol. The zero-order valence-corrected chi connectivity index (χ0v) is 15.2. The Hall–Kier alpha value is -2.83. The molecular weight excluding hydrogens is 338 g/mol. The van der Waals surface area contributed by atoms with Crippen LogP contribution >= 0.6 is 0 Å². The molecule has 0 fully saturated rings. The van der Waals surface area contributed by atoms with Gasteiger partial charge >= 0.3 is 5.97 Å². The molecule has 0 aliphatic carbocycles. The third-order valence-corrected chi connectivity index (χ3v) is 3.85. The Morgan fingerprint density at radius 1 is 1.08 bits per heavy atom. The van der Waals surface area contributed by atoms with Gasteiger partial charge in [0, 0.05) is 5.70 Å². The van der Waals surface area contributed by atoms with E-state index in [1.807, 2.05) is 32.0 Å². The largest absolute Gasteiger partial charge is 0.490 e. The van der Waals surface area contributed by atoms with E-state index in [4.69, 9.17) is 9.47 Å². The van der Waals surface area contributed by atoms with E-state index >= 15 is 0 Å². The summed E-state index contributed by atoms with van der Waals surface area (Å²) in [5.74, 6) is -0.366. The van der Waals surface area contributed by atoms with Gasteiger partial charge in [-0.05, 0) is 44.4 Å². The van der Waals surface area contributed by atoms with Crippen LogP contribution in [0.2, 0.25) is 0 Å². The molecule has 1 aromatic carbocycles. The van der Waals surface area contributed by atoms with Crippen LogP contribution in [0.15, 0.2) is 29.5 Å². The van der Waals surface area contributed by atoms with Gasteiger partial charge < -0.3 is 19.5 Å². The number of amides is 1. The summed E-state index contributed by atoms with van der Waals surface area (Å²) >= 11 is 0. The molecule has 0 radical (unpaired) electrons. The smallest absolute Gasteiger partial charge is 0.343 e. The molecular formula is C19H23NO6. The lowest BCUT2D eigenvalue weighted by Crippen LogP contribution is -2.36. The number of ketones is 1. The molecule has 0 aromatic heterocycles. The Labute approximate surface area is 152 Å². The monoisotopic (exact) mass is 361 g/mol. The van der Waals surface area contributed by atoms with Crippen molar-refractivity contribution in [2.75, 3.05) is 20.3 Å². The van der Waals surface area contributed by atoms with E-state index in [1.165, 1.54) is 7.11 Å². The number of hydrogen-bond donors (Lipinski definition) is 1. The minimum absolute atomic E-state index is 0.0805. The number of nitrogens with one attached hydrogen (secondary N) is 1. The van der Waals surface area contributed by atoms with Gasteiger partial charge in [-0.2, -0.15) is 0 Å². The first-order valence-electron chi connectivity index (χ1n) is 8.53. The summed E-state index contributed by atoms with van der Waals surface area (Å²) in [6.45, 7) is 4.82. The number of hydrogen-bond acceptors (Lipinski definition) is 6. The van der Waals surface area contributed by atoms with Gasteiger partial charge in [-0.25, -0.2) is 4.79 Å². The molecule has 0 saturated carbocycles. The van der Waals surface area contributed by atoms with Crippen molar-refractivity contribution in [3.8, 4) is 11.5 Å². The molecule has 0 saturated heterocycles. The maximum absolute atomic E-state index is 12.0. The number of aryl methyl sites for hydroxylation is 1. The van der Waals surface area contributed by atoms with Crippen LogP contribution in [0.25, 0.3) is 0 Å². The zero-order valence-electron chi connectivity index (χ0n) is 15.2. The number of benzene rings is 1.